The molecule has 1 aromatic carbocycles. The van der Waals surface area contributed by atoms with Gasteiger partial charge in [0.05, 0.1) is 0 Å². The molecule has 1 N–H and O–H groups in total. The van der Waals surface area contributed by atoms with Crippen molar-refractivity contribution in [2.45, 2.75) is 52.4 Å². The van der Waals surface area contributed by atoms with Gasteiger partial charge in [-0.25, -0.2) is 0 Å². The average molecular weight is 302 g/mol. The van der Waals surface area contributed by atoms with Crippen LogP contribution in [0.1, 0.15) is 48.8 Å². The molecule has 0 radical (unpaired) electrons. The second-order valence-electron chi connectivity index (χ2n) is 6.54. The first-order chi connectivity index (χ1) is 10.6. The largest absolute Gasteiger partial charge is 0.356 e. The summed E-state index contributed by atoms with van der Waals surface area (Å²) in [6.45, 7) is 8.63. The van der Waals surface area contributed by atoms with Crippen LogP contribution in [0.4, 0.5) is 0 Å². The van der Waals surface area contributed by atoms with Crippen molar-refractivity contribution >= 4 is 5.91 Å². The summed E-state index contributed by atoms with van der Waals surface area (Å²) >= 11 is 0. The van der Waals surface area contributed by atoms with E-state index in [1.54, 1.807) is 0 Å². The molecule has 0 aliphatic carbocycles. The third kappa shape index (κ3) is 5.80. The molecule has 3 heteroatoms. The van der Waals surface area contributed by atoms with Crippen molar-refractivity contribution in [3.63, 3.8) is 0 Å². The van der Waals surface area contributed by atoms with Gasteiger partial charge in [0, 0.05) is 13.0 Å². The van der Waals surface area contributed by atoms with Crippen molar-refractivity contribution in [2.75, 3.05) is 26.2 Å². The molecule has 0 atom stereocenters. The summed E-state index contributed by atoms with van der Waals surface area (Å²) in [4.78, 5) is 14.4. The Labute approximate surface area is 135 Å². The van der Waals surface area contributed by atoms with Crippen LogP contribution in [0, 0.1) is 13.8 Å². The molecule has 0 unspecified atom stereocenters. The Morgan fingerprint density at radius 3 is 2.68 bits per heavy atom. The highest BCUT2D eigenvalue weighted by Gasteiger charge is 2.09. The van der Waals surface area contributed by atoms with Crippen LogP contribution in [0.3, 0.4) is 0 Å². The van der Waals surface area contributed by atoms with Crippen molar-refractivity contribution in [2.24, 2.45) is 0 Å². The number of benzene rings is 1. The maximum Gasteiger partial charge on any atom is 0.220 e. The summed E-state index contributed by atoms with van der Waals surface area (Å²) < 4.78 is 0. The number of aryl methyl sites for hydroxylation is 3. The fourth-order valence-electron chi connectivity index (χ4n) is 3.18. The van der Waals surface area contributed by atoms with Gasteiger partial charge in [-0.1, -0.05) is 30.2 Å². The standard InChI is InChI=1S/C19H30N2O/c1-16-7-8-18(17(2)15-16)9-10-19(22)20-11-6-14-21-12-4-3-5-13-21/h7-8,15H,3-6,9-14H2,1-2H3,(H,20,22). The SMILES string of the molecule is Cc1ccc(CCC(=O)NCCCN2CCCCC2)c(C)c1. The Kier molecular flexibility index (Phi) is 6.91. The summed E-state index contributed by atoms with van der Waals surface area (Å²) in [6, 6.07) is 6.46. The maximum atomic E-state index is 11.9. The van der Waals surface area contributed by atoms with Crippen LogP contribution in [0.2, 0.25) is 0 Å². The molecule has 1 saturated heterocycles. The molecule has 0 saturated carbocycles. The van der Waals surface area contributed by atoms with Crippen molar-refractivity contribution in [3.8, 4) is 0 Å². The molecular formula is C19H30N2O. The van der Waals surface area contributed by atoms with Gasteiger partial charge in [-0.3, -0.25) is 4.79 Å². The van der Waals surface area contributed by atoms with Crippen LogP contribution >= 0.6 is 0 Å². The number of piperidine rings is 1. The molecule has 122 valence electrons. The smallest absolute Gasteiger partial charge is 0.220 e. The minimum atomic E-state index is 0.179. The molecular weight excluding hydrogens is 272 g/mol. The van der Waals surface area contributed by atoms with Gasteiger partial charge in [-0.05, 0) is 70.3 Å². The van der Waals surface area contributed by atoms with E-state index >= 15 is 0 Å². The van der Waals surface area contributed by atoms with Crippen molar-refractivity contribution in [3.05, 3.63) is 34.9 Å². The predicted molar refractivity (Wildman–Crippen MR) is 92.2 cm³/mol. The first kappa shape index (κ1) is 17.0. The highest BCUT2D eigenvalue weighted by Crippen LogP contribution is 2.12. The van der Waals surface area contributed by atoms with Gasteiger partial charge in [0.15, 0.2) is 0 Å². The summed E-state index contributed by atoms with van der Waals surface area (Å²) in [6.07, 6.45) is 6.54. The Bertz CT molecular complexity index is 478. The molecule has 3 nitrogen and oxygen atoms in total. The van der Waals surface area contributed by atoms with Crippen LogP contribution in [0.5, 0.6) is 0 Å². The minimum absolute atomic E-state index is 0.179. The van der Waals surface area contributed by atoms with Crippen LogP contribution in [-0.4, -0.2) is 37.0 Å². The zero-order valence-electron chi connectivity index (χ0n) is 14.2. The monoisotopic (exact) mass is 302 g/mol. The number of nitrogens with one attached hydrogen (secondary N) is 1. The molecule has 22 heavy (non-hydrogen) atoms. The second-order valence-corrected chi connectivity index (χ2v) is 6.54. The van der Waals surface area contributed by atoms with Crippen LogP contribution < -0.4 is 5.32 Å². The molecule has 0 aromatic heterocycles. The first-order valence-corrected chi connectivity index (χ1v) is 8.70. The Hall–Kier alpha value is -1.35. The van der Waals surface area contributed by atoms with E-state index in [9.17, 15) is 4.79 Å². The maximum absolute atomic E-state index is 11.9. The molecule has 1 aliphatic heterocycles. The van der Waals surface area contributed by atoms with E-state index in [1.165, 1.54) is 49.0 Å². The molecule has 1 fully saturated rings. The van der Waals surface area contributed by atoms with Gasteiger partial charge in [-0.15, -0.1) is 0 Å². The lowest BCUT2D eigenvalue weighted by atomic mass is 10.0. The number of carbonyl (C=O) groups is 1. The Balaban J connectivity index is 1.59. The van der Waals surface area contributed by atoms with Crippen LogP contribution in [0.15, 0.2) is 18.2 Å². The minimum Gasteiger partial charge on any atom is -0.356 e. The van der Waals surface area contributed by atoms with E-state index < -0.39 is 0 Å². The van der Waals surface area contributed by atoms with E-state index in [0.29, 0.717) is 6.42 Å². The number of carbonyl (C=O) groups excluding carboxylic acids is 1. The first-order valence-electron chi connectivity index (χ1n) is 8.70. The van der Waals surface area contributed by atoms with Crippen molar-refractivity contribution in [1.29, 1.82) is 0 Å². The quantitative estimate of drug-likeness (QED) is 0.784. The highest BCUT2D eigenvalue weighted by atomic mass is 16.1. The zero-order valence-corrected chi connectivity index (χ0v) is 14.2. The average Bonchev–Trinajstić information content (AvgIpc) is 2.52. The Morgan fingerprint density at radius 1 is 1.18 bits per heavy atom. The third-order valence-corrected chi connectivity index (χ3v) is 4.54. The predicted octanol–water partition coefficient (Wildman–Crippen LogP) is 3.23. The van der Waals surface area contributed by atoms with Gasteiger partial charge >= 0.3 is 0 Å². The van der Waals surface area contributed by atoms with Crippen LogP contribution in [0.25, 0.3) is 0 Å². The summed E-state index contributed by atoms with van der Waals surface area (Å²) in [5.41, 5.74) is 3.86. The number of rotatable bonds is 7. The van der Waals surface area contributed by atoms with E-state index in [-0.39, 0.29) is 5.91 Å². The third-order valence-electron chi connectivity index (χ3n) is 4.54. The number of nitrogens with zero attached hydrogens (tertiary/aromatic N) is 1. The van der Waals surface area contributed by atoms with Gasteiger partial charge in [0.1, 0.15) is 0 Å². The van der Waals surface area contributed by atoms with Gasteiger partial charge in [0.2, 0.25) is 5.91 Å². The molecule has 0 bridgehead atoms. The summed E-state index contributed by atoms with van der Waals surface area (Å²) in [7, 11) is 0. The van der Waals surface area contributed by atoms with E-state index in [0.717, 1.165) is 25.9 Å². The normalized spacial score (nSPS) is 15.7. The fourth-order valence-corrected chi connectivity index (χ4v) is 3.18. The molecule has 2 rings (SSSR count). The van der Waals surface area contributed by atoms with Gasteiger partial charge in [-0.2, -0.15) is 0 Å². The second kappa shape index (κ2) is 8.94. The van der Waals surface area contributed by atoms with Crippen molar-refractivity contribution in [1.82, 2.24) is 10.2 Å². The Morgan fingerprint density at radius 2 is 1.95 bits per heavy atom. The summed E-state index contributed by atoms with van der Waals surface area (Å²) in [5.74, 6) is 0.179. The lowest BCUT2D eigenvalue weighted by molar-refractivity contribution is -0.121. The van der Waals surface area contributed by atoms with Gasteiger partial charge in [0.25, 0.3) is 0 Å². The molecule has 1 amide bonds. The lowest BCUT2D eigenvalue weighted by Gasteiger charge is -2.26. The molecule has 0 spiro atoms. The van der Waals surface area contributed by atoms with E-state index in [2.05, 4.69) is 42.3 Å². The topological polar surface area (TPSA) is 32.3 Å². The fraction of sp³-hybridized carbons (Fsp3) is 0.632. The number of hydrogen-bond donors (Lipinski definition) is 1. The zero-order chi connectivity index (χ0) is 15.8. The number of amides is 1. The van der Waals surface area contributed by atoms with E-state index in [1.807, 2.05) is 0 Å². The molecule has 1 aliphatic rings. The van der Waals surface area contributed by atoms with Gasteiger partial charge < -0.3 is 10.2 Å². The van der Waals surface area contributed by atoms with Crippen molar-refractivity contribution < 1.29 is 4.79 Å². The van der Waals surface area contributed by atoms with Crippen LogP contribution in [-0.2, 0) is 11.2 Å². The highest BCUT2D eigenvalue weighted by molar-refractivity contribution is 5.76. The van der Waals surface area contributed by atoms with E-state index in [4.69, 9.17) is 0 Å². The molecule has 1 aromatic rings. The number of hydrogen-bond acceptors (Lipinski definition) is 2. The molecule has 1 heterocycles. The summed E-state index contributed by atoms with van der Waals surface area (Å²) in [5, 5.41) is 3.06. The lowest BCUT2D eigenvalue weighted by Crippen LogP contribution is -2.33. The number of likely N-dealkylation sites (tertiary alicyclic amines) is 1.